The highest BCUT2D eigenvalue weighted by molar-refractivity contribution is 5.04. The van der Waals surface area contributed by atoms with Crippen LogP contribution in [0, 0.1) is 16.2 Å². The first-order chi connectivity index (χ1) is 11.0. The van der Waals surface area contributed by atoms with Crippen molar-refractivity contribution in [2.24, 2.45) is 16.2 Å². The SMILES string of the molecule is CN1CCN(C(C)(C)C(C)(C)C(C)(C)COC(C)(C)C(C)(C)C)CC1. The Labute approximate surface area is 158 Å². The minimum atomic E-state index is -0.141. The van der Waals surface area contributed by atoms with Gasteiger partial charge in [0.05, 0.1) is 12.2 Å². The fraction of sp³-hybridized carbons (Fsp3) is 1.00. The maximum absolute atomic E-state index is 6.52. The zero-order valence-corrected chi connectivity index (χ0v) is 19.3. The molecule has 3 heteroatoms. The number of likely N-dealkylation sites (N-methyl/N-ethyl adjacent to an activating group) is 1. The summed E-state index contributed by atoms with van der Waals surface area (Å²) < 4.78 is 6.52. The zero-order valence-electron chi connectivity index (χ0n) is 19.3. The Hall–Kier alpha value is -0.120. The van der Waals surface area contributed by atoms with Crippen LogP contribution in [0.3, 0.4) is 0 Å². The standard InChI is InChI=1S/C22H46N2O/c1-18(2,3)22(10,11)25-17-19(4,5)20(6,7)21(8,9)24-15-13-23(12)14-16-24/h13-17H2,1-12H3. The molecule has 1 saturated heterocycles. The third kappa shape index (κ3) is 4.59. The fourth-order valence-electron chi connectivity index (χ4n) is 3.35. The van der Waals surface area contributed by atoms with Crippen LogP contribution in [0.15, 0.2) is 0 Å². The number of ether oxygens (including phenoxy) is 1. The quantitative estimate of drug-likeness (QED) is 0.674. The molecule has 1 aliphatic heterocycles. The molecule has 25 heavy (non-hydrogen) atoms. The molecule has 0 aromatic heterocycles. The van der Waals surface area contributed by atoms with Crippen molar-refractivity contribution < 1.29 is 4.74 Å². The van der Waals surface area contributed by atoms with Gasteiger partial charge in [0.25, 0.3) is 0 Å². The molecule has 0 saturated carbocycles. The lowest BCUT2D eigenvalue weighted by Gasteiger charge is -2.58. The first-order valence-electron chi connectivity index (χ1n) is 10.0. The molecule has 1 rings (SSSR count). The molecule has 0 radical (unpaired) electrons. The van der Waals surface area contributed by atoms with Crippen molar-refractivity contribution >= 4 is 0 Å². The van der Waals surface area contributed by atoms with Gasteiger partial charge in [0.1, 0.15) is 0 Å². The molecule has 0 aliphatic carbocycles. The van der Waals surface area contributed by atoms with E-state index in [9.17, 15) is 0 Å². The molecule has 0 unspecified atom stereocenters. The number of rotatable bonds is 6. The predicted octanol–water partition coefficient (Wildman–Crippen LogP) is 4.91. The van der Waals surface area contributed by atoms with Crippen LogP contribution in [0.2, 0.25) is 0 Å². The molecular formula is C22H46N2O. The summed E-state index contributed by atoms with van der Waals surface area (Å²) in [4.78, 5) is 5.11. The average molecular weight is 355 g/mol. The van der Waals surface area contributed by atoms with Gasteiger partial charge in [-0.2, -0.15) is 0 Å². The van der Waals surface area contributed by atoms with Crippen molar-refractivity contribution in [2.75, 3.05) is 39.8 Å². The molecule has 150 valence electrons. The molecule has 0 N–H and O–H groups in total. The van der Waals surface area contributed by atoms with Crippen LogP contribution < -0.4 is 0 Å². The van der Waals surface area contributed by atoms with E-state index in [2.05, 4.69) is 93.0 Å². The lowest BCUT2D eigenvalue weighted by molar-refractivity contribution is -0.159. The van der Waals surface area contributed by atoms with Gasteiger partial charge >= 0.3 is 0 Å². The lowest BCUT2D eigenvalue weighted by Crippen LogP contribution is -2.64. The highest BCUT2D eigenvalue weighted by atomic mass is 16.5. The number of hydrogen-bond acceptors (Lipinski definition) is 3. The largest absolute Gasteiger partial charge is 0.374 e. The Balaban J connectivity index is 2.93. The van der Waals surface area contributed by atoms with E-state index in [0.717, 1.165) is 32.8 Å². The lowest BCUT2D eigenvalue weighted by atomic mass is 9.58. The molecule has 1 fully saturated rings. The maximum atomic E-state index is 6.52. The molecule has 0 atom stereocenters. The zero-order chi connectivity index (χ0) is 19.9. The molecule has 3 nitrogen and oxygen atoms in total. The monoisotopic (exact) mass is 354 g/mol. The van der Waals surface area contributed by atoms with Gasteiger partial charge in [0, 0.05) is 31.7 Å². The van der Waals surface area contributed by atoms with Crippen molar-refractivity contribution in [2.45, 2.75) is 87.3 Å². The second-order valence-electron chi connectivity index (χ2n) is 11.4. The third-order valence-corrected chi connectivity index (χ3v) is 8.12. The van der Waals surface area contributed by atoms with Gasteiger partial charge in [-0.1, -0.05) is 48.5 Å². The van der Waals surface area contributed by atoms with Gasteiger partial charge in [-0.25, -0.2) is 0 Å². The average Bonchev–Trinajstić information content (AvgIpc) is 2.44. The van der Waals surface area contributed by atoms with Crippen LogP contribution in [0.4, 0.5) is 0 Å². The van der Waals surface area contributed by atoms with Crippen molar-refractivity contribution in [1.82, 2.24) is 9.80 Å². The Morgan fingerprint density at radius 3 is 1.56 bits per heavy atom. The fourth-order valence-corrected chi connectivity index (χ4v) is 3.35. The van der Waals surface area contributed by atoms with Gasteiger partial charge in [0.2, 0.25) is 0 Å². The summed E-state index contributed by atoms with van der Waals surface area (Å²) in [6, 6.07) is 0. The van der Waals surface area contributed by atoms with Crippen LogP contribution in [-0.2, 0) is 4.74 Å². The molecular weight excluding hydrogens is 308 g/mol. The van der Waals surface area contributed by atoms with Crippen molar-refractivity contribution in [1.29, 1.82) is 0 Å². The smallest absolute Gasteiger partial charge is 0.0674 e. The van der Waals surface area contributed by atoms with Gasteiger partial charge in [-0.15, -0.1) is 0 Å². The van der Waals surface area contributed by atoms with Crippen molar-refractivity contribution in [3.05, 3.63) is 0 Å². The summed E-state index contributed by atoms with van der Waals surface area (Å²) in [5.74, 6) is 0. The Morgan fingerprint density at radius 1 is 0.720 bits per heavy atom. The molecule has 0 spiro atoms. The summed E-state index contributed by atoms with van der Waals surface area (Å²) in [6.45, 7) is 31.1. The number of piperazine rings is 1. The predicted molar refractivity (Wildman–Crippen MR) is 110 cm³/mol. The molecule has 1 heterocycles. The normalized spacial score (nSPS) is 20.2. The van der Waals surface area contributed by atoms with Crippen LogP contribution in [0.1, 0.15) is 76.2 Å². The van der Waals surface area contributed by atoms with E-state index >= 15 is 0 Å². The van der Waals surface area contributed by atoms with Gasteiger partial charge < -0.3 is 9.64 Å². The molecule has 0 aromatic carbocycles. The molecule has 0 bridgehead atoms. The van der Waals surface area contributed by atoms with Crippen molar-refractivity contribution in [3.63, 3.8) is 0 Å². The summed E-state index contributed by atoms with van der Waals surface area (Å²) >= 11 is 0. The molecule has 0 aromatic rings. The highest BCUT2D eigenvalue weighted by Crippen LogP contribution is 2.50. The topological polar surface area (TPSA) is 15.7 Å². The van der Waals surface area contributed by atoms with Crippen LogP contribution in [0.25, 0.3) is 0 Å². The van der Waals surface area contributed by atoms with E-state index in [0.29, 0.717) is 0 Å². The van der Waals surface area contributed by atoms with E-state index < -0.39 is 0 Å². The molecule has 1 aliphatic rings. The van der Waals surface area contributed by atoms with Crippen LogP contribution in [0.5, 0.6) is 0 Å². The summed E-state index contributed by atoms with van der Waals surface area (Å²) in [5, 5.41) is 0. The Morgan fingerprint density at radius 2 is 1.16 bits per heavy atom. The molecule has 0 amide bonds. The first-order valence-corrected chi connectivity index (χ1v) is 10.0. The van der Waals surface area contributed by atoms with Gasteiger partial charge in [-0.05, 0) is 51.0 Å². The summed E-state index contributed by atoms with van der Waals surface area (Å²) in [6.07, 6.45) is 0. The van der Waals surface area contributed by atoms with E-state index in [1.54, 1.807) is 0 Å². The van der Waals surface area contributed by atoms with E-state index in [4.69, 9.17) is 4.74 Å². The van der Waals surface area contributed by atoms with Gasteiger partial charge in [0.15, 0.2) is 0 Å². The van der Waals surface area contributed by atoms with E-state index in [1.807, 2.05) is 0 Å². The third-order valence-electron chi connectivity index (χ3n) is 8.12. The first kappa shape index (κ1) is 22.9. The summed E-state index contributed by atoms with van der Waals surface area (Å²) in [5.41, 5.74) is 0.289. The summed E-state index contributed by atoms with van der Waals surface area (Å²) in [7, 11) is 2.22. The maximum Gasteiger partial charge on any atom is 0.0674 e. The minimum Gasteiger partial charge on any atom is -0.374 e. The van der Waals surface area contributed by atoms with Crippen molar-refractivity contribution in [3.8, 4) is 0 Å². The highest BCUT2D eigenvalue weighted by Gasteiger charge is 2.51. The van der Waals surface area contributed by atoms with Gasteiger partial charge in [-0.3, -0.25) is 4.90 Å². The van der Waals surface area contributed by atoms with E-state index in [1.165, 1.54) is 0 Å². The van der Waals surface area contributed by atoms with Crippen LogP contribution in [-0.4, -0.2) is 60.8 Å². The number of nitrogens with zero attached hydrogens (tertiary/aromatic N) is 2. The second-order valence-corrected chi connectivity index (χ2v) is 11.4. The van der Waals surface area contributed by atoms with Crippen LogP contribution >= 0.6 is 0 Å². The number of hydrogen-bond donors (Lipinski definition) is 0. The Bertz CT molecular complexity index is 435. The van der Waals surface area contributed by atoms with E-state index in [-0.39, 0.29) is 27.4 Å². The second kappa shape index (κ2) is 7.13. The Kier molecular flexibility index (Phi) is 6.53. The minimum absolute atomic E-state index is 0.0718.